The minimum Gasteiger partial charge on any atom is -0.486 e. The number of nitrogens with zero attached hydrogens (tertiary/aromatic N) is 1. The third kappa shape index (κ3) is 4.79. The topological polar surface area (TPSA) is 51.2 Å². The first-order valence-corrected chi connectivity index (χ1v) is 8.68. The number of amides is 1. The average Bonchev–Trinajstić information content (AvgIpc) is 2.96. The number of benzene rings is 1. The van der Waals surface area contributed by atoms with Gasteiger partial charge in [0.25, 0.3) is 5.91 Å². The highest BCUT2D eigenvalue weighted by Gasteiger charge is 2.12. The number of hydrogen-bond acceptors (Lipinski definition) is 4. The number of aromatic nitrogens is 1. The molecule has 23 heavy (non-hydrogen) atoms. The van der Waals surface area contributed by atoms with Crippen molar-refractivity contribution < 1.29 is 9.53 Å². The van der Waals surface area contributed by atoms with E-state index >= 15 is 0 Å². The van der Waals surface area contributed by atoms with E-state index in [1.54, 1.807) is 5.38 Å². The van der Waals surface area contributed by atoms with Crippen molar-refractivity contribution >= 4 is 17.2 Å². The number of aryl methyl sites for hydroxylation is 2. The van der Waals surface area contributed by atoms with Gasteiger partial charge in [-0.3, -0.25) is 4.79 Å². The van der Waals surface area contributed by atoms with Crippen LogP contribution in [0.25, 0.3) is 0 Å². The van der Waals surface area contributed by atoms with Crippen LogP contribution in [-0.2, 0) is 6.61 Å². The summed E-state index contributed by atoms with van der Waals surface area (Å²) >= 11 is 1.45. The molecule has 4 nitrogen and oxygen atoms in total. The maximum Gasteiger partial charge on any atom is 0.270 e. The molecule has 1 N–H and O–H groups in total. The van der Waals surface area contributed by atoms with Gasteiger partial charge in [-0.1, -0.05) is 19.9 Å². The highest BCUT2D eigenvalue weighted by molar-refractivity contribution is 7.09. The number of carbonyl (C=O) groups excluding carboxylic acids is 1. The zero-order valence-electron chi connectivity index (χ0n) is 14.4. The van der Waals surface area contributed by atoms with E-state index in [1.165, 1.54) is 22.5 Å². The largest absolute Gasteiger partial charge is 0.486 e. The Kier molecular flexibility index (Phi) is 5.77. The molecule has 0 bridgehead atoms. The summed E-state index contributed by atoms with van der Waals surface area (Å²) in [5.74, 6) is 1.18. The quantitative estimate of drug-likeness (QED) is 0.869. The Balaban J connectivity index is 1.99. The second-order valence-electron chi connectivity index (χ2n) is 6.22. The van der Waals surface area contributed by atoms with E-state index in [4.69, 9.17) is 4.74 Å². The summed E-state index contributed by atoms with van der Waals surface area (Å²) < 4.78 is 5.89. The summed E-state index contributed by atoms with van der Waals surface area (Å²) in [6.07, 6.45) is 0. The molecule has 0 aliphatic rings. The molecule has 124 valence electrons. The molecular weight excluding hydrogens is 308 g/mol. The van der Waals surface area contributed by atoms with Gasteiger partial charge >= 0.3 is 0 Å². The molecule has 0 fully saturated rings. The van der Waals surface area contributed by atoms with Gasteiger partial charge in [-0.2, -0.15) is 0 Å². The van der Waals surface area contributed by atoms with E-state index in [2.05, 4.69) is 51.0 Å². The van der Waals surface area contributed by atoms with Crippen molar-refractivity contribution in [2.75, 3.05) is 6.54 Å². The molecule has 0 aliphatic heterocycles. The van der Waals surface area contributed by atoms with Crippen LogP contribution in [0.1, 0.15) is 46.0 Å². The van der Waals surface area contributed by atoms with Crippen LogP contribution in [0.3, 0.4) is 0 Å². The fourth-order valence-corrected chi connectivity index (χ4v) is 2.84. The molecule has 5 heteroatoms. The van der Waals surface area contributed by atoms with Gasteiger partial charge in [0, 0.05) is 11.9 Å². The number of thiazole rings is 1. The molecule has 0 saturated heterocycles. The average molecular weight is 332 g/mol. The van der Waals surface area contributed by atoms with Crippen LogP contribution in [0.5, 0.6) is 5.75 Å². The molecule has 0 unspecified atom stereocenters. The summed E-state index contributed by atoms with van der Waals surface area (Å²) in [4.78, 5) is 16.3. The number of ether oxygens (including phenoxy) is 1. The molecule has 1 aromatic carbocycles. The highest BCUT2D eigenvalue weighted by Crippen LogP contribution is 2.24. The van der Waals surface area contributed by atoms with Crippen LogP contribution in [0.2, 0.25) is 0 Å². The second kappa shape index (κ2) is 7.59. The number of nitrogens with one attached hydrogen (secondary N) is 1. The van der Waals surface area contributed by atoms with E-state index < -0.39 is 0 Å². The molecule has 0 aliphatic carbocycles. The second-order valence-corrected chi connectivity index (χ2v) is 7.17. The minimum absolute atomic E-state index is 0.121. The summed E-state index contributed by atoms with van der Waals surface area (Å²) in [6.45, 7) is 11.3. The molecular formula is C18H24N2O2S. The number of rotatable bonds is 6. The van der Waals surface area contributed by atoms with Gasteiger partial charge in [-0.15, -0.1) is 11.3 Å². The monoisotopic (exact) mass is 332 g/mol. The lowest BCUT2D eigenvalue weighted by Crippen LogP contribution is -2.27. The minimum atomic E-state index is -0.121. The first-order valence-electron chi connectivity index (χ1n) is 7.80. The third-order valence-electron chi connectivity index (χ3n) is 3.57. The van der Waals surface area contributed by atoms with E-state index in [0.29, 0.717) is 24.8 Å². The zero-order chi connectivity index (χ0) is 17.0. The Labute approximate surface area is 141 Å². The van der Waals surface area contributed by atoms with Crippen LogP contribution >= 0.6 is 11.3 Å². The maximum atomic E-state index is 12.0. The molecule has 1 heterocycles. The maximum absolute atomic E-state index is 12.0. The van der Waals surface area contributed by atoms with Gasteiger partial charge in [0.1, 0.15) is 23.1 Å². The fourth-order valence-electron chi connectivity index (χ4n) is 2.16. The van der Waals surface area contributed by atoms with Crippen LogP contribution in [0.4, 0.5) is 0 Å². The van der Waals surface area contributed by atoms with Crippen molar-refractivity contribution in [3.8, 4) is 5.75 Å². The molecule has 1 amide bonds. The van der Waals surface area contributed by atoms with Gasteiger partial charge < -0.3 is 10.1 Å². The Morgan fingerprint density at radius 1 is 1.30 bits per heavy atom. The van der Waals surface area contributed by atoms with E-state index in [1.807, 2.05) is 6.07 Å². The van der Waals surface area contributed by atoms with Gasteiger partial charge in [-0.05, 0) is 49.4 Å². The van der Waals surface area contributed by atoms with Crippen LogP contribution in [-0.4, -0.2) is 17.4 Å². The molecule has 1 aromatic heterocycles. The normalized spacial score (nSPS) is 10.9. The van der Waals surface area contributed by atoms with Gasteiger partial charge in [0.05, 0.1) is 0 Å². The molecule has 2 aromatic rings. The first kappa shape index (κ1) is 17.5. The van der Waals surface area contributed by atoms with Crippen LogP contribution in [0, 0.1) is 26.7 Å². The van der Waals surface area contributed by atoms with Crippen molar-refractivity contribution in [2.45, 2.75) is 41.2 Å². The highest BCUT2D eigenvalue weighted by atomic mass is 32.1. The summed E-state index contributed by atoms with van der Waals surface area (Å²) in [5.41, 5.74) is 4.00. The van der Waals surface area contributed by atoms with Gasteiger partial charge in [-0.25, -0.2) is 4.98 Å². The van der Waals surface area contributed by atoms with E-state index in [0.717, 1.165) is 16.3 Å². The molecule has 0 spiro atoms. The lowest BCUT2D eigenvalue weighted by atomic mass is 10.1. The molecule has 2 rings (SSSR count). The van der Waals surface area contributed by atoms with Gasteiger partial charge in [0.15, 0.2) is 0 Å². The van der Waals surface area contributed by atoms with Crippen molar-refractivity contribution in [1.82, 2.24) is 10.3 Å². The van der Waals surface area contributed by atoms with Crippen LogP contribution < -0.4 is 10.1 Å². The summed E-state index contributed by atoms with van der Waals surface area (Å²) in [6, 6.07) is 4.18. The summed E-state index contributed by atoms with van der Waals surface area (Å²) in [5, 5.41) is 5.46. The Morgan fingerprint density at radius 3 is 2.74 bits per heavy atom. The first-order chi connectivity index (χ1) is 10.9. The SMILES string of the molecule is Cc1cc(C)c(C)c(OCc2nc(C(=O)NCC(C)C)cs2)c1. The van der Waals surface area contributed by atoms with Crippen molar-refractivity contribution in [3.05, 3.63) is 44.9 Å². The lowest BCUT2D eigenvalue weighted by Gasteiger charge is -2.11. The predicted molar refractivity (Wildman–Crippen MR) is 94.3 cm³/mol. The number of hydrogen-bond donors (Lipinski definition) is 1. The fraction of sp³-hybridized carbons (Fsp3) is 0.444. The number of carbonyl (C=O) groups is 1. The lowest BCUT2D eigenvalue weighted by molar-refractivity contribution is 0.0944. The zero-order valence-corrected chi connectivity index (χ0v) is 15.2. The van der Waals surface area contributed by atoms with Crippen molar-refractivity contribution in [3.63, 3.8) is 0 Å². The summed E-state index contributed by atoms with van der Waals surface area (Å²) in [7, 11) is 0. The van der Waals surface area contributed by atoms with Crippen molar-refractivity contribution in [2.24, 2.45) is 5.92 Å². The Morgan fingerprint density at radius 2 is 2.04 bits per heavy atom. The molecule has 0 radical (unpaired) electrons. The van der Waals surface area contributed by atoms with Gasteiger partial charge in [0.2, 0.25) is 0 Å². The Bertz CT molecular complexity index is 692. The predicted octanol–water partition coefficient (Wildman–Crippen LogP) is 4.03. The van der Waals surface area contributed by atoms with E-state index in [9.17, 15) is 4.79 Å². The third-order valence-corrected chi connectivity index (χ3v) is 4.39. The molecule has 0 saturated carbocycles. The smallest absolute Gasteiger partial charge is 0.270 e. The van der Waals surface area contributed by atoms with E-state index in [-0.39, 0.29) is 5.91 Å². The molecule has 0 atom stereocenters. The Hall–Kier alpha value is -1.88. The standard InChI is InChI=1S/C18H24N2O2S/c1-11(2)8-19-18(21)15-10-23-17(20-15)9-22-16-7-12(3)6-13(4)14(16)5/h6-7,10-11H,8-9H2,1-5H3,(H,19,21). The van der Waals surface area contributed by atoms with Crippen molar-refractivity contribution in [1.29, 1.82) is 0 Å². The van der Waals surface area contributed by atoms with Crippen LogP contribution in [0.15, 0.2) is 17.5 Å².